The summed E-state index contributed by atoms with van der Waals surface area (Å²) in [5.74, 6) is 0.353. The van der Waals surface area contributed by atoms with E-state index in [1.54, 1.807) is 6.07 Å². The third-order valence-corrected chi connectivity index (χ3v) is 7.49. The van der Waals surface area contributed by atoms with Crippen molar-refractivity contribution in [3.63, 3.8) is 0 Å². The Bertz CT molecular complexity index is 950. The van der Waals surface area contributed by atoms with Crippen LogP contribution in [0.15, 0.2) is 18.2 Å². The lowest BCUT2D eigenvalue weighted by atomic mass is 9.84. The number of hydrogen-bond donors (Lipinski definition) is 2. The molecule has 1 heterocycles. The highest BCUT2D eigenvalue weighted by Gasteiger charge is 2.25. The summed E-state index contributed by atoms with van der Waals surface area (Å²) in [6, 6.07) is 5.60. The molecule has 0 unspecified atom stereocenters. The van der Waals surface area contributed by atoms with E-state index >= 15 is 0 Å². The average molecular weight is 447 g/mol. The second-order valence-electron chi connectivity index (χ2n) is 8.13. The standard InChI is InChI=1S/C23H27ClN2O3S/c24-15-10-11-18(17(12-15)14-6-2-1-3-7-14)29-13-20(27)26-23-21(22(25)28)16-8-4-5-9-19(16)30-23/h10-12,14H,1-9,13H2,(H2,25,28)(H,26,27). The first kappa shape index (κ1) is 21.2. The number of amides is 2. The van der Waals surface area contributed by atoms with Crippen molar-refractivity contribution in [2.24, 2.45) is 5.73 Å². The van der Waals surface area contributed by atoms with E-state index in [4.69, 9.17) is 22.1 Å². The number of ether oxygens (including phenoxy) is 1. The number of anilines is 1. The number of thiophene rings is 1. The molecule has 2 aliphatic rings. The maximum atomic E-state index is 12.6. The van der Waals surface area contributed by atoms with Gasteiger partial charge in [-0.3, -0.25) is 9.59 Å². The summed E-state index contributed by atoms with van der Waals surface area (Å²) < 4.78 is 5.90. The number of carbonyl (C=O) groups is 2. The molecule has 0 spiro atoms. The minimum absolute atomic E-state index is 0.123. The Morgan fingerprint density at radius 2 is 1.90 bits per heavy atom. The Labute approximate surface area is 185 Å². The normalized spacial score (nSPS) is 16.7. The molecule has 30 heavy (non-hydrogen) atoms. The van der Waals surface area contributed by atoms with Crippen LogP contribution in [0.5, 0.6) is 5.75 Å². The van der Waals surface area contributed by atoms with E-state index in [2.05, 4.69) is 5.32 Å². The van der Waals surface area contributed by atoms with Crippen LogP contribution in [-0.2, 0) is 17.6 Å². The fourth-order valence-electron chi connectivity index (χ4n) is 4.60. The lowest BCUT2D eigenvalue weighted by molar-refractivity contribution is -0.118. The van der Waals surface area contributed by atoms with E-state index < -0.39 is 5.91 Å². The Hall–Kier alpha value is -2.05. The van der Waals surface area contributed by atoms with E-state index in [9.17, 15) is 9.59 Å². The second kappa shape index (κ2) is 9.40. The highest BCUT2D eigenvalue weighted by molar-refractivity contribution is 7.17. The fourth-order valence-corrected chi connectivity index (χ4v) is 6.10. The first-order valence-corrected chi connectivity index (χ1v) is 11.9. The van der Waals surface area contributed by atoms with Crippen LogP contribution < -0.4 is 15.8 Å². The molecule has 160 valence electrons. The first-order valence-electron chi connectivity index (χ1n) is 10.7. The zero-order valence-corrected chi connectivity index (χ0v) is 18.5. The summed E-state index contributed by atoms with van der Waals surface area (Å²) in [7, 11) is 0. The Kier molecular flexibility index (Phi) is 6.64. The van der Waals surface area contributed by atoms with Gasteiger partial charge in [0.2, 0.25) is 0 Å². The van der Waals surface area contributed by atoms with Gasteiger partial charge in [-0.1, -0.05) is 30.9 Å². The van der Waals surface area contributed by atoms with Gasteiger partial charge in [0.05, 0.1) is 5.56 Å². The molecule has 2 aromatic rings. The van der Waals surface area contributed by atoms with Gasteiger partial charge in [0.25, 0.3) is 11.8 Å². The van der Waals surface area contributed by atoms with Gasteiger partial charge >= 0.3 is 0 Å². The summed E-state index contributed by atoms with van der Waals surface area (Å²) in [4.78, 5) is 25.8. The number of nitrogens with two attached hydrogens (primary N) is 1. The number of primary amides is 1. The largest absolute Gasteiger partial charge is 0.483 e. The number of rotatable bonds is 6. The number of aryl methyl sites for hydroxylation is 1. The van der Waals surface area contributed by atoms with Crippen LogP contribution in [0.4, 0.5) is 5.00 Å². The number of hydrogen-bond acceptors (Lipinski definition) is 4. The monoisotopic (exact) mass is 446 g/mol. The van der Waals surface area contributed by atoms with Gasteiger partial charge in [-0.15, -0.1) is 11.3 Å². The molecule has 1 aromatic heterocycles. The van der Waals surface area contributed by atoms with Crippen LogP contribution in [0.1, 0.15) is 77.2 Å². The van der Waals surface area contributed by atoms with Crippen LogP contribution in [-0.4, -0.2) is 18.4 Å². The molecule has 1 fully saturated rings. The van der Waals surface area contributed by atoms with Gasteiger partial charge < -0.3 is 15.8 Å². The molecule has 0 saturated heterocycles. The topological polar surface area (TPSA) is 81.4 Å². The molecule has 1 saturated carbocycles. The van der Waals surface area contributed by atoms with Gasteiger partial charge in [0.15, 0.2) is 6.61 Å². The van der Waals surface area contributed by atoms with Crippen molar-refractivity contribution in [1.29, 1.82) is 0 Å². The summed E-state index contributed by atoms with van der Waals surface area (Å²) in [6.07, 6.45) is 9.82. The molecule has 0 radical (unpaired) electrons. The molecule has 2 amide bonds. The highest BCUT2D eigenvalue weighted by Crippen LogP contribution is 2.39. The van der Waals surface area contributed by atoms with Crippen LogP contribution >= 0.6 is 22.9 Å². The predicted octanol–water partition coefficient (Wildman–Crippen LogP) is 5.44. The lowest BCUT2D eigenvalue weighted by Crippen LogP contribution is -2.23. The minimum atomic E-state index is -0.483. The van der Waals surface area contributed by atoms with E-state index in [-0.39, 0.29) is 12.5 Å². The van der Waals surface area contributed by atoms with Crippen LogP contribution in [0.3, 0.4) is 0 Å². The number of halogens is 1. The summed E-state index contributed by atoms with van der Waals surface area (Å²) in [5, 5.41) is 4.09. The minimum Gasteiger partial charge on any atom is -0.483 e. The summed E-state index contributed by atoms with van der Waals surface area (Å²) in [5.41, 5.74) is 8.17. The SMILES string of the molecule is NC(=O)c1c(NC(=O)COc2ccc(Cl)cc2C2CCCCC2)sc2c1CCCC2. The molecule has 5 nitrogen and oxygen atoms in total. The second-order valence-corrected chi connectivity index (χ2v) is 9.67. The molecule has 4 rings (SSSR count). The molecule has 7 heteroatoms. The molecule has 1 aromatic carbocycles. The molecular formula is C23H27ClN2O3S. The number of fused-ring (bicyclic) bond motifs is 1. The third kappa shape index (κ3) is 4.65. The van der Waals surface area contributed by atoms with E-state index in [0.29, 0.717) is 27.3 Å². The van der Waals surface area contributed by atoms with Crippen molar-refractivity contribution >= 4 is 39.8 Å². The zero-order valence-electron chi connectivity index (χ0n) is 17.0. The maximum absolute atomic E-state index is 12.6. The Balaban J connectivity index is 1.46. The van der Waals surface area contributed by atoms with E-state index in [0.717, 1.165) is 54.5 Å². The van der Waals surface area contributed by atoms with Crippen molar-refractivity contribution in [1.82, 2.24) is 0 Å². The summed E-state index contributed by atoms with van der Waals surface area (Å²) in [6.45, 7) is -0.123. The Morgan fingerprint density at radius 1 is 1.13 bits per heavy atom. The lowest BCUT2D eigenvalue weighted by Gasteiger charge is -2.24. The number of benzene rings is 1. The fraction of sp³-hybridized carbons (Fsp3) is 0.478. The number of carbonyl (C=O) groups excluding carboxylic acids is 2. The van der Waals surface area contributed by atoms with Crippen molar-refractivity contribution < 1.29 is 14.3 Å². The van der Waals surface area contributed by atoms with E-state index in [1.165, 1.54) is 30.6 Å². The molecular weight excluding hydrogens is 420 g/mol. The van der Waals surface area contributed by atoms with Crippen LogP contribution in [0, 0.1) is 0 Å². The highest BCUT2D eigenvalue weighted by atomic mass is 35.5. The molecule has 0 bridgehead atoms. The van der Waals surface area contributed by atoms with Gasteiger partial charge in [0, 0.05) is 9.90 Å². The van der Waals surface area contributed by atoms with Gasteiger partial charge in [-0.25, -0.2) is 0 Å². The molecule has 0 aliphatic heterocycles. The van der Waals surface area contributed by atoms with Crippen LogP contribution in [0.25, 0.3) is 0 Å². The van der Waals surface area contributed by atoms with Gasteiger partial charge in [0.1, 0.15) is 10.8 Å². The molecule has 0 atom stereocenters. The summed E-state index contributed by atoms with van der Waals surface area (Å²) >= 11 is 7.69. The third-order valence-electron chi connectivity index (χ3n) is 6.05. The Morgan fingerprint density at radius 3 is 2.67 bits per heavy atom. The smallest absolute Gasteiger partial charge is 0.262 e. The predicted molar refractivity (Wildman–Crippen MR) is 121 cm³/mol. The average Bonchev–Trinajstić information content (AvgIpc) is 3.11. The van der Waals surface area contributed by atoms with Crippen LogP contribution in [0.2, 0.25) is 5.02 Å². The van der Waals surface area contributed by atoms with E-state index in [1.807, 2.05) is 12.1 Å². The van der Waals surface area contributed by atoms with Crippen molar-refractivity contribution in [3.05, 3.63) is 44.8 Å². The van der Waals surface area contributed by atoms with Gasteiger partial charge in [-0.2, -0.15) is 0 Å². The van der Waals surface area contributed by atoms with Crippen molar-refractivity contribution in [3.8, 4) is 5.75 Å². The van der Waals surface area contributed by atoms with Crippen molar-refractivity contribution in [2.45, 2.75) is 63.7 Å². The molecule has 2 aliphatic carbocycles. The molecule has 3 N–H and O–H groups in total. The van der Waals surface area contributed by atoms with Gasteiger partial charge in [-0.05, 0) is 73.8 Å². The zero-order chi connectivity index (χ0) is 21.1. The first-order chi connectivity index (χ1) is 14.5. The number of nitrogens with one attached hydrogen (secondary N) is 1. The maximum Gasteiger partial charge on any atom is 0.262 e. The van der Waals surface area contributed by atoms with Crippen molar-refractivity contribution in [2.75, 3.05) is 11.9 Å². The quantitative estimate of drug-likeness (QED) is 0.619.